The summed E-state index contributed by atoms with van der Waals surface area (Å²) in [4.78, 5) is 25.0. The van der Waals surface area contributed by atoms with Crippen molar-refractivity contribution in [2.45, 2.75) is 6.92 Å². The molecule has 0 atom stereocenters. The van der Waals surface area contributed by atoms with Gasteiger partial charge in [0.1, 0.15) is 5.82 Å². The smallest absolute Gasteiger partial charge is 0.261 e. The van der Waals surface area contributed by atoms with Crippen LogP contribution in [0.15, 0.2) is 84.2 Å². The van der Waals surface area contributed by atoms with Crippen molar-refractivity contribution in [2.75, 3.05) is 61.8 Å². The summed E-state index contributed by atoms with van der Waals surface area (Å²) >= 11 is 0. The molecule has 1 aromatic heterocycles. The Morgan fingerprint density at radius 2 is 1.71 bits per heavy atom. The van der Waals surface area contributed by atoms with E-state index in [-0.39, 0.29) is 17.1 Å². The highest BCUT2D eigenvalue weighted by atomic mass is 32.2. The van der Waals surface area contributed by atoms with Gasteiger partial charge in [0.05, 0.1) is 42.4 Å². The molecule has 1 aliphatic rings. The van der Waals surface area contributed by atoms with Gasteiger partial charge in [-0.15, -0.1) is 0 Å². The fourth-order valence-electron chi connectivity index (χ4n) is 4.25. The van der Waals surface area contributed by atoms with Crippen molar-refractivity contribution in [3.63, 3.8) is 0 Å². The van der Waals surface area contributed by atoms with E-state index in [2.05, 4.69) is 20.4 Å². The Hall–Kier alpha value is -5.12. The normalized spacial score (nSPS) is 12.7. The number of rotatable bonds is 9. The van der Waals surface area contributed by atoms with E-state index in [1.54, 1.807) is 68.7 Å². The number of benzene rings is 3. The van der Waals surface area contributed by atoms with E-state index in [1.807, 2.05) is 12.1 Å². The SMILES string of the molecule is CC(/C=C\N(C)c1ccc(F)cc1)=C(C=O)C=O.CNc1ccc(Oc2cc3cn[nH]c3cc2N2CCOCC2)c(F)c1.CS(=O)(=O)O. The standard InChI is InChI=1S/C18H19FN4O2.C14H14FNO2.CH4O3S/c1-20-13-2-3-17(14(19)9-13)25-18-8-12-11-21-22-15(12)10-16(18)23-4-6-24-7-5-23;1-11(12(9-17)10-18)7-8-16(2)14-5-3-13(15)4-6-14;1-5(2,3)4/h2-3,8-11,20H,4-7H2,1H3,(H,21,22);3-10H,1-2H3;1H3,(H,2,3,4)/b;8-7-;. The van der Waals surface area contributed by atoms with Crippen LogP contribution >= 0.6 is 0 Å². The number of carbonyl (C=O) groups excluding carboxylic acids is 2. The third-order valence-corrected chi connectivity index (χ3v) is 6.80. The molecule has 0 unspecified atom stereocenters. The largest absolute Gasteiger partial charge is 0.452 e. The summed E-state index contributed by atoms with van der Waals surface area (Å²) in [5.41, 5.74) is 4.01. The van der Waals surface area contributed by atoms with E-state index < -0.39 is 15.9 Å². The van der Waals surface area contributed by atoms with Crippen LogP contribution in [0.2, 0.25) is 0 Å². The number of aldehydes is 2. The van der Waals surface area contributed by atoms with Crippen LogP contribution in [-0.2, 0) is 24.4 Å². The number of halogens is 2. The Balaban J connectivity index is 0.000000239. The molecule has 15 heteroatoms. The fourth-order valence-corrected chi connectivity index (χ4v) is 4.25. The lowest BCUT2D eigenvalue weighted by Crippen LogP contribution is -2.36. The van der Waals surface area contributed by atoms with Crippen molar-refractivity contribution in [3.05, 3.63) is 95.9 Å². The second-order valence-corrected chi connectivity index (χ2v) is 11.9. The Morgan fingerprint density at radius 3 is 2.29 bits per heavy atom. The molecule has 3 aromatic carbocycles. The number of nitrogens with zero attached hydrogens (tertiary/aromatic N) is 3. The molecule has 0 radical (unpaired) electrons. The van der Waals surface area contributed by atoms with Crippen LogP contribution in [0.5, 0.6) is 11.5 Å². The molecular formula is C33H37F2N5O7S. The van der Waals surface area contributed by atoms with Crippen LogP contribution in [0.25, 0.3) is 10.9 Å². The summed E-state index contributed by atoms with van der Waals surface area (Å²) in [5.74, 6) is 0.0896. The van der Waals surface area contributed by atoms with Gasteiger partial charge in [0.2, 0.25) is 0 Å². The Labute approximate surface area is 277 Å². The van der Waals surface area contributed by atoms with E-state index in [0.29, 0.717) is 49.1 Å². The van der Waals surface area contributed by atoms with Crippen LogP contribution in [0.3, 0.4) is 0 Å². The Bertz CT molecular complexity index is 1840. The topological polar surface area (TPSA) is 154 Å². The van der Waals surface area contributed by atoms with Gasteiger partial charge in [0.25, 0.3) is 10.1 Å². The molecule has 0 saturated carbocycles. The van der Waals surface area contributed by atoms with Crippen LogP contribution in [0, 0.1) is 11.6 Å². The summed E-state index contributed by atoms with van der Waals surface area (Å²) in [6.07, 6.45) is 6.84. The molecule has 1 saturated heterocycles. The second kappa shape index (κ2) is 17.7. The summed E-state index contributed by atoms with van der Waals surface area (Å²) in [5, 5.41) is 10.9. The molecular weight excluding hydrogens is 648 g/mol. The van der Waals surface area contributed by atoms with Crippen molar-refractivity contribution in [2.24, 2.45) is 0 Å². The van der Waals surface area contributed by atoms with Gasteiger partial charge in [-0.2, -0.15) is 13.5 Å². The average molecular weight is 686 g/mol. The lowest BCUT2D eigenvalue weighted by atomic mass is 10.1. The number of ether oxygens (including phenoxy) is 2. The highest BCUT2D eigenvalue weighted by molar-refractivity contribution is 7.85. The van der Waals surface area contributed by atoms with Crippen molar-refractivity contribution >= 4 is 50.7 Å². The number of allylic oxidation sites excluding steroid dienone is 3. The Kier molecular flexibility index (Phi) is 13.8. The molecule has 3 N–H and O–H groups in total. The van der Waals surface area contributed by atoms with Crippen molar-refractivity contribution in [1.82, 2.24) is 10.2 Å². The van der Waals surface area contributed by atoms with Crippen LogP contribution in [0.4, 0.5) is 25.8 Å². The zero-order valence-electron chi connectivity index (χ0n) is 26.8. The number of morpholine rings is 1. The first kappa shape index (κ1) is 37.3. The summed E-state index contributed by atoms with van der Waals surface area (Å²) in [6, 6.07) is 14.7. The number of aromatic amines is 1. The minimum absolute atomic E-state index is 0.110. The number of H-pyrrole nitrogens is 1. The van der Waals surface area contributed by atoms with Gasteiger partial charge < -0.3 is 24.6 Å². The number of hydrogen-bond acceptors (Lipinski definition) is 10. The quantitative estimate of drug-likeness (QED) is 0.0521. The van der Waals surface area contributed by atoms with E-state index in [9.17, 15) is 26.8 Å². The number of hydrogen-bond donors (Lipinski definition) is 3. The Morgan fingerprint density at radius 1 is 1.06 bits per heavy atom. The molecule has 48 heavy (non-hydrogen) atoms. The minimum atomic E-state index is -3.67. The first-order chi connectivity index (χ1) is 22.8. The van der Waals surface area contributed by atoms with E-state index in [1.165, 1.54) is 18.2 Å². The third-order valence-electron chi connectivity index (χ3n) is 6.80. The summed E-state index contributed by atoms with van der Waals surface area (Å²) in [7, 11) is -0.128. The molecule has 4 aromatic rings. The van der Waals surface area contributed by atoms with Gasteiger partial charge >= 0.3 is 0 Å². The molecule has 0 amide bonds. The van der Waals surface area contributed by atoms with E-state index in [0.717, 1.165) is 35.4 Å². The van der Waals surface area contributed by atoms with Gasteiger partial charge in [-0.1, -0.05) is 0 Å². The molecule has 1 fully saturated rings. The lowest BCUT2D eigenvalue weighted by Gasteiger charge is -2.30. The van der Waals surface area contributed by atoms with Gasteiger partial charge in [-0.05, 0) is 67.1 Å². The molecule has 1 aliphatic heterocycles. The highest BCUT2D eigenvalue weighted by Crippen LogP contribution is 2.37. The molecule has 2 heterocycles. The lowest BCUT2D eigenvalue weighted by molar-refractivity contribution is -0.109. The van der Waals surface area contributed by atoms with Gasteiger partial charge in [-0.25, -0.2) is 8.78 Å². The second-order valence-electron chi connectivity index (χ2n) is 10.4. The van der Waals surface area contributed by atoms with Crippen molar-refractivity contribution in [1.29, 1.82) is 0 Å². The number of nitrogens with one attached hydrogen (secondary N) is 2. The van der Waals surface area contributed by atoms with Gasteiger partial charge in [0, 0.05) is 56.2 Å². The number of carbonyl (C=O) groups is 2. The van der Waals surface area contributed by atoms with Gasteiger partial charge in [-0.3, -0.25) is 19.2 Å². The molecule has 0 bridgehead atoms. The van der Waals surface area contributed by atoms with Crippen molar-refractivity contribution < 1.29 is 40.8 Å². The number of fused-ring (bicyclic) bond motifs is 1. The maximum atomic E-state index is 14.3. The molecule has 256 valence electrons. The van der Waals surface area contributed by atoms with E-state index in [4.69, 9.17) is 14.0 Å². The summed E-state index contributed by atoms with van der Waals surface area (Å²) in [6.45, 7) is 4.51. The molecule has 5 rings (SSSR count). The monoisotopic (exact) mass is 685 g/mol. The van der Waals surface area contributed by atoms with Gasteiger partial charge in [0.15, 0.2) is 29.9 Å². The first-order valence-corrected chi connectivity index (χ1v) is 16.3. The maximum absolute atomic E-state index is 14.3. The zero-order chi connectivity index (χ0) is 35.3. The third kappa shape index (κ3) is 11.6. The minimum Gasteiger partial charge on any atom is -0.452 e. The first-order valence-electron chi connectivity index (χ1n) is 14.5. The average Bonchev–Trinajstić information content (AvgIpc) is 3.52. The predicted molar refractivity (Wildman–Crippen MR) is 181 cm³/mol. The highest BCUT2D eigenvalue weighted by Gasteiger charge is 2.19. The maximum Gasteiger partial charge on any atom is 0.261 e. The zero-order valence-corrected chi connectivity index (χ0v) is 27.6. The number of aromatic nitrogens is 2. The number of anilines is 3. The summed E-state index contributed by atoms with van der Waals surface area (Å²) < 4.78 is 64.3. The molecule has 0 spiro atoms. The van der Waals surface area contributed by atoms with Crippen molar-refractivity contribution in [3.8, 4) is 11.5 Å². The van der Waals surface area contributed by atoms with E-state index >= 15 is 0 Å². The van der Waals surface area contributed by atoms with Crippen LogP contribution in [-0.4, -0.2) is 82.4 Å². The fraction of sp³-hybridized carbons (Fsp3) is 0.242. The van der Waals surface area contributed by atoms with Crippen LogP contribution in [0.1, 0.15) is 6.92 Å². The molecule has 0 aliphatic carbocycles. The van der Waals surface area contributed by atoms with Crippen LogP contribution < -0.4 is 19.9 Å². The molecule has 12 nitrogen and oxygen atoms in total. The predicted octanol–water partition coefficient (Wildman–Crippen LogP) is 5.37.